The van der Waals surface area contributed by atoms with Crippen molar-refractivity contribution in [3.63, 3.8) is 0 Å². The standard InChI is InChI=1S/C19H17ClN2O3/c1-25-19(23)18-16-6-3-2-5-13(16)11-14-12-15(7-8-17(14)18)22(21-24)10-4-9-20/h2-3,5-8,11-12H,4,9-10H2,1H3. The van der Waals surface area contributed by atoms with Gasteiger partial charge in [0.25, 0.3) is 0 Å². The van der Waals surface area contributed by atoms with Crippen LogP contribution in [0.3, 0.4) is 0 Å². The summed E-state index contributed by atoms with van der Waals surface area (Å²) in [6.45, 7) is 0.440. The Labute approximate surface area is 150 Å². The van der Waals surface area contributed by atoms with Gasteiger partial charge in [0.2, 0.25) is 0 Å². The smallest absolute Gasteiger partial charge is 0.339 e. The molecule has 0 aliphatic rings. The van der Waals surface area contributed by atoms with Crippen LogP contribution in [0.2, 0.25) is 0 Å². The molecule has 0 saturated heterocycles. The second-order valence-corrected chi connectivity index (χ2v) is 6.00. The number of esters is 1. The molecule has 0 amide bonds. The van der Waals surface area contributed by atoms with E-state index < -0.39 is 0 Å². The Morgan fingerprint density at radius 2 is 1.88 bits per heavy atom. The molecule has 0 unspecified atom stereocenters. The fraction of sp³-hybridized carbons (Fsp3) is 0.211. The predicted molar refractivity (Wildman–Crippen MR) is 101 cm³/mol. The number of fused-ring (bicyclic) bond motifs is 2. The van der Waals surface area contributed by atoms with E-state index in [0.29, 0.717) is 30.1 Å². The number of anilines is 1. The van der Waals surface area contributed by atoms with Gasteiger partial charge in [0.05, 0.1) is 23.6 Å². The van der Waals surface area contributed by atoms with Gasteiger partial charge < -0.3 is 4.74 Å². The van der Waals surface area contributed by atoms with Gasteiger partial charge in [-0.25, -0.2) is 9.80 Å². The Morgan fingerprint density at radius 1 is 1.12 bits per heavy atom. The quantitative estimate of drug-likeness (QED) is 0.207. The summed E-state index contributed by atoms with van der Waals surface area (Å²) in [5, 5.41) is 7.83. The van der Waals surface area contributed by atoms with Crippen LogP contribution in [0.5, 0.6) is 0 Å². The van der Waals surface area contributed by atoms with Crippen LogP contribution in [0.15, 0.2) is 53.8 Å². The summed E-state index contributed by atoms with van der Waals surface area (Å²) in [7, 11) is 1.37. The molecule has 128 valence electrons. The highest BCUT2D eigenvalue weighted by atomic mass is 35.5. The molecule has 0 aromatic heterocycles. The number of hydrogen-bond donors (Lipinski definition) is 0. The van der Waals surface area contributed by atoms with E-state index in [9.17, 15) is 9.70 Å². The van der Waals surface area contributed by atoms with Gasteiger partial charge in [-0.3, -0.25) is 0 Å². The van der Waals surface area contributed by atoms with Crippen molar-refractivity contribution in [1.29, 1.82) is 0 Å². The number of nitrogens with zero attached hydrogens (tertiary/aromatic N) is 2. The number of halogens is 1. The molecule has 0 spiro atoms. The van der Waals surface area contributed by atoms with Crippen molar-refractivity contribution in [1.82, 2.24) is 0 Å². The van der Waals surface area contributed by atoms with Crippen molar-refractivity contribution < 1.29 is 9.53 Å². The first-order valence-corrected chi connectivity index (χ1v) is 8.43. The largest absolute Gasteiger partial charge is 0.465 e. The summed E-state index contributed by atoms with van der Waals surface area (Å²) < 4.78 is 4.97. The van der Waals surface area contributed by atoms with Gasteiger partial charge in [0.15, 0.2) is 0 Å². The minimum atomic E-state index is -0.387. The highest BCUT2D eigenvalue weighted by Crippen LogP contribution is 2.32. The van der Waals surface area contributed by atoms with E-state index >= 15 is 0 Å². The van der Waals surface area contributed by atoms with E-state index in [4.69, 9.17) is 16.3 Å². The maximum atomic E-state index is 12.3. The number of nitroso groups, excluding NO2 is 1. The van der Waals surface area contributed by atoms with E-state index in [-0.39, 0.29) is 5.97 Å². The fourth-order valence-corrected chi connectivity index (χ4v) is 3.09. The van der Waals surface area contributed by atoms with Gasteiger partial charge in [0, 0.05) is 12.4 Å². The zero-order valence-corrected chi connectivity index (χ0v) is 14.5. The number of alkyl halides is 1. The van der Waals surface area contributed by atoms with E-state index in [1.165, 1.54) is 12.1 Å². The molecule has 0 N–H and O–H groups in total. The van der Waals surface area contributed by atoms with Gasteiger partial charge in [-0.2, -0.15) is 0 Å². The van der Waals surface area contributed by atoms with Crippen LogP contribution in [0, 0.1) is 4.91 Å². The monoisotopic (exact) mass is 356 g/mol. The van der Waals surface area contributed by atoms with Crippen LogP contribution in [0.25, 0.3) is 21.5 Å². The summed E-state index contributed by atoms with van der Waals surface area (Å²) in [6.07, 6.45) is 0.649. The van der Waals surface area contributed by atoms with Crippen LogP contribution < -0.4 is 5.01 Å². The lowest BCUT2D eigenvalue weighted by atomic mass is 9.96. The SMILES string of the molecule is COC(=O)c1c2ccccc2cc2cc(N(CCCCl)N=O)ccc12. The fourth-order valence-electron chi connectivity index (χ4n) is 2.97. The molecule has 25 heavy (non-hydrogen) atoms. The number of hydrogen-bond acceptors (Lipinski definition) is 4. The molecule has 0 aliphatic carbocycles. The zero-order chi connectivity index (χ0) is 17.8. The van der Waals surface area contributed by atoms with Crippen molar-refractivity contribution in [2.45, 2.75) is 6.42 Å². The molecule has 6 heteroatoms. The predicted octanol–water partition coefficient (Wildman–Crippen LogP) is 4.90. The second-order valence-electron chi connectivity index (χ2n) is 5.62. The van der Waals surface area contributed by atoms with Gasteiger partial charge in [-0.1, -0.05) is 30.3 Å². The third-order valence-corrected chi connectivity index (χ3v) is 4.40. The Bertz CT molecular complexity index is 942. The first-order valence-electron chi connectivity index (χ1n) is 7.90. The molecule has 0 heterocycles. The van der Waals surface area contributed by atoms with Gasteiger partial charge in [0.1, 0.15) is 0 Å². The third kappa shape index (κ3) is 3.28. The lowest BCUT2D eigenvalue weighted by Crippen LogP contribution is -2.17. The van der Waals surface area contributed by atoms with Crippen molar-refractivity contribution in [3.8, 4) is 0 Å². The highest BCUT2D eigenvalue weighted by molar-refractivity contribution is 6.18. The molecular weight excluding hydrogens is 340 g/mol. The molecule has 0 aliphatic heterocycles. The lowest BCUT2D eigenvalue weighted by molar-refractivity contribution is 0.0605. The van der Waals surface area contributed by atoms with Crippen LogP contribution in [0.4, 0.5) is 5.69 Å². The average molecular weight is 357 g/mol. The first kappa shape index (κ1) is 17.2. The molecule has 3 rings (SSSR count). The minimum absolute atomic E-state index is 0.387. The van der Waals surface area contributed by atoms with Crippen LogP contribution in [-0.2, 0) is 4.74 Å². The Morgan fingerprint density at radius 3 is 2.60 bits per heavy atom. The van der Waals surface area contributed by atoms with E-state index in [1.54, 1.807) is 6.07 Å². The molecule has 3 aromatic rings. The summed E-state index contributed by atoms with van der Waals surface area (Å²) in [6, 6.07) is 15.1. The molecule has 0 fully saturated rings. The molecule has 5 nitrogen and oxygen atoms in total. The summed E-state index contributed by atoms with van der Waals surface area (Å²) in [4.78, 5) is 23.5. The van der Waals surface area contributed by atoms with E-state index in [0.717, 1.165) is 21.5 Å². The zero-order valence-electron chi connectivity index (χ0n) is 13.7. The van der Waals surface area contributed by atoms with Crippen molar-refractivity contribution >= 4 is 44.8 Å². The van der Waals surface area contributed by atoms with Gasteiger partial charge >= 0.3 is 5.97 Å². The number of rotatable bonds is 6. The van der Waals surface area contributed by atoms with Crippen molar-refractivity contribution in [2.24, 2.45) is 5.29 Å². The normalized spacial score (nSPS) is 10.8. The Balaban J connectivity index is 2.22. The molecular formula is C19H17ClN2O3. The van der Waals surface area contributed by atoms with E-state index in [2.05, 4.69) is 5.29 Å². The summed E-state index contributed by atoms with van der Waals surface area (Å²) >= 11 is 5.70. The summed E-state index contributed by atoms with van der Waals surface area (Å²) in [5.41, 5.74) is 1.19. The van der Waals surface area contributed by atoms with Crippen LogP contribution in [-0.4, -0.2) is 25.5 Å². The number of benzene rings is 3. The first-order chi connectivity index (χ1) is 12.2. The molecule has 0 atom stereocenters. The Kier molecular flexibility index (Phi) is 5.14. The number of methoxy groups -OCH3 is 1. The lowest BCUT2D eigenvalue weighted by Gasteiger charge is -2.16. The number of carbonyl (C=O) groups is 1. The number of ether oxygens (including phenoxy) is 1. The topological polar surface area (TPSA) is 59.0 Å². The molecule has 0 bridgehead atoms. The molecule has 3 aromatic carbocycles. The highest BCUT2D eigenvalue weighted by Gasteiger charge is 2.16. The number of carbonyl (C=O) groups excluding carboxylic acids is 1. The average Bonchev–Trinajstić information content (AvgIpc) is 2.65. The van der Waals surface area contributed by atoms with Crippen molar-refractivity contribution in [2.75, 3.05) is 24.5 Å². The second kappa shape index (κ2) is 7.49. The Hall–Kier alpha value is -2.66. The van der Waals surface area contributed by atoms with Crippen LogP contribution in [0.1, 0.15) is 16.8 Å². The van der Waals surface area contributed by atoms with Crippen molar-refractivity contribution in [3.05, 3.63) is 59.0 Å². The maximum absolute atomic E-state index is 12.3. The van der Waals surface area contributed by atoms with E-state index in [1.807, 2.05) is 42.5 Å². The molecule has 0 saturated carbocycles. The van der Waals surface area contributed by atoms with Gasteiger partial charge in [-0.05, 0) is 46.2 Å². The maximum Gasteiger partial charge on any atom is 0.339 e. The minimum Gasteiger partial charge on any atom is -0.465 e. The van der Waals surface area contributed by atoms with Gasteiger partial charge in [-0.15, -0.1) is 16.5 Å². The molecule has 0 radical (unpaired) electrons. The summed E-state index contributed by atoms with van der Waals surface area (Å²) in [5.74, 6) is 0.0681. The van der Waals surface area contributed by atoms with Crippen LogP contribution >= 0.6 is 11.6 Å². The third-order valence-electron chi connectivity index (χ3n) is 4.14.